The van der Waals surface area contributed by atoms with Crippen molar-refractivity contribution in [3.63, 3.8) is 0 Å². The van der Waals surface area contributed by atoms with Gasteiger partial charge in [0, 0.05) is 5.56 Å². The van der Waals surface area contributed by atoms with Gasteiger partial charge in [-0.15, -0.1) is 0 Å². The second kappa shape index (κ2) is 5.48. The number of benzene rings is 1. The SMILES string of the molecule is COc1ccc(-c2noc(NCc3ccco3)n2)cc1. The summed E-state index contributed by atoms with van der Waals surface area (Å²) in [5.74, 6) is 2.11. The minimum atomic E-state index is 0.354. The summed E-state index contributed by atoms with van der Waals surface area (Å²) in [6, 6.07) is 11.5. The minimum absolute atomic E-state index is 0.354. The van der Waals surface area contributed by atoms with E-state index in [-0.39, 0.29) is 0 Å². The van der Waals surface area contributed by atoms with E-state index in [9.17, 15) is 0 Å². The normalized spacial score (nSPS) is 10.4. The summed E-state index contributed by atoms with van der Waals surface area (Å²) in [6.45, 7) is 0.497. The maximum Gasteiger partial charge on any atom is 0.322 e. The molecule has 1 N–H and O–H groups in total. The van der Waals surface area contributed by atoms with Crippen LogP contribution in [0.25, 0.3) is 11.4 Å². The second-order valence-electron chi connectivity index (χ2n) is 4.08. The summed E-state index contributed by atoms with van der Waals surface area (Å²) in [5.41, 5.74) is 0.862. The number of hydrogen-bond acceptors (Lipinski definition) is 6. The van der Waals surface area contributed by atoms with Gasteiger partial charge in [-0.2, -0.15) is 4.98 Å². The number of methoxy groups -OCH3 is 1. The van der Waals surface area contributed by atoms with Gasteiger partial charge in [0.05, 0.1) is 19.9 Å². The number of ether oxygens (including phenoxy) is 1. The molecule has 0 aliphatic heterocycles. The summed E-state index contributed by atoms with van der Waals surface area (Å²) in [4.78, 5) is 4.26. The van der Waals surface area contributed by atoms with Crippen molar-refractivity contribution in [1.29, 1.82) is 0 Å². The third-order valence-electron chi connectivity index (χ3n) is 2.77. The molecule has 102 valence electrons. The number of aromatic nitrogens is 2. The van der Waals surface area contributed by atoms with E-state index in [0.717, 1.165) is 17.1 Å². The van der Waals surface area contributed by atoms with Crippen LogP contribution in [0.5, 0.6) is 5.75 Å². The highest BCUT2D eigenvalue weighted by atomic mass is 16.5. The van der Waals surface area contributed by atoms with Crippen molar-refractivity contribution in [3.8, 4) is 17.1 Å². The first kappa shape index (κ1) is 12.3. The molecule has 2 heterocycles. The molecular weight excluding hydrogens is 258 g/mol. The largest absolute Gasteiger partial charge is 0.497 e. The Morgan fingerprint density at radius 1 is 1.20 bits per heavy atom. The molecule has 0 aliphatic rings. The number of furan rings is 1. The highest BCUT2D eigenvalue weighted by molar-refractivity contribution is 5.56. The predicted molar refractivity (Wildman–Crippen MR) is 72.3 cm³/mol. The van der Waals surface area contributed by atoms with Gasteiger partial charge >= 0.3 is 6.01 Å². The Labute approximate surface area is 115 Å². The highest BCUT2D eigenvalue weighted by Crippen LogP contribution is 2.21. The van der Waals surface area contributed by atoms with Gasteiger partial charge in [-0.05, 0) is 36.4 Å². The molecule has 0 saturated carbocycles. The van der Waals surface area contributed by atoms with Crippen molar-refractivity contribution in [1.82, 2.24) is 10.1 Å². The molecule has 0 radical (unpaired) electrons. The molecule has 2 aromatic heterocycles. The lowest BCUT2D eigenvalue weighted by molar-refractivity contribution is 0.414. The van der Waals surface area contributed by atoms with Gasteiger partial charge in [0.1, 0.15) is 11.5 Å². The molecule has 3 aromatic rings. The van der Waals surface area contributed by atoms with Gasteiger partial charge < -0.3 is 19.0 Å². The molecule has 0 aliphatic carbocycles. The van der Waals surface area contributed by atoms with Gasteiger partial charge in [0.2, 0.25) is 5.82 Å². The van der Waals surface area contributed by atoms with Crippen LogP contribution in [0.15, 0.2) is 51.6 Å². The molecule has 0 bridgehead atoms. The molecular formula is C14H13N3O3. The average Bonchev–Trinajstić information content (AvgIpc) is 3.17. The fourth-order valence-electron chi connectivity index (χ4n) is 1.73. The van der Waals surface area contributed by atoms with Crippen LogP contribution >= 0.6 is 0 Å². The van der Waals surface area contributed by atoms with Crippen LogP contribution in [-0.2, 0) is 6.54 Å². The van der Waals surface area contributed by atoms with Gasteiger partial charge in [-0.3, -0.25) is 0 Å². The molecule has 3 rings (SSSR count). The van der Waals surface area contributed by atoms with Crippen molar-refractivity contribution in [2.75, 3.05) is 12.4 Å². The van der Waals surface area contributed by atoms with Crippen LogP contribution < -0.4 is 10.1 Å². The van der Waals surface area contributed by atoms with Gasteiger partial charge in [-0.1, -0.05) is 5.16 Å². The number of nitrogens with zero attached hydrogens (tertiary/aromatic N) is 2. The third-order valence-corrected chi connectivity index (χ3v) is 2.77. The topological polar surface area (TPSA) is 73.3 Å². The number of hydrogen-bond donors (Lipinski definition) is 1. The maximum absolute atomic E-state index is 5.21. The van der Waals surface area contributed by atoms with E-state index in [1.807, 2.05) is 36.4 Å². The van der Waals surface area contributed by atoms with E-state index >= 15 is 0 Å². The molecule has 0 unspecified atom stereocenters. The van der Waals surface area contributed by atoms with Crippen LogP contribution in [0.2, 0.25) is 0 Å². The first-order valence-electron chi connectivity index (χ1n) is 6.09. The van der Waals surface area contributed by atoms with E-state index in [1.54, 1.807) is 13.4 Å². The van der Waals surface area contributed by atoms with Crippen LogP contribution in [-0.4, -0.2) is 17.3 Å². The van der Waals surface area contributed by atoms with Crippen LogP contribution in [0.1, 0.15) is 5.76 Å². The van der Waals surface area contributed by atoms with Crippen LogP contribution in [0, 0.1) is 0 Å². The van der Waals surface area contributed by atoms with Crippen LogP contribution in [0.3, 0.4) is 0 Å². The third kappa shape index (κ3) is 2.64. The fraction of sp³-hybridized carbons (Fsp3) is 0.143. The van der Waals surface area contributed by atoms with Gasteiger partial charge in [0.25, 0.3) is 0 Å². The van der Waals surface area contributed by atoms with E-state index in [2.05, 4.69) is 15.5 Å². The Kier molecular flexibility index (Phi) is 3.36. The molecule has 0 saturated heterocycles. The number of anilines is 1. The number of nitrogens with one attached hydrogen (secondary N) is 1. The van der Waals surface area contributed by atoms with Crippen molar-refractivity contribution in [2.24, 2.45) is 0 Å². The molecule has 0 atom stereocenters. The van der Waals surface area contributed by atoms with Gasteiger partial charge in [-0.25, -0.2) is 0 Å². The number of rotatable bonds is 5. The monoisotopic (exact) mass is 271 g/mol. The van der Waals surface area contributed by atoms with Crippen molar-refractivity contribution in [2.45, 2.75) is 6.54 Å². The quantitative estimate of drug-likeness (QED) is 0.769. The molecule has 1 aromatic carbocycles. The van der Waals surface area contributed by atoms with E-state index < -0.39 is 0 Å². The predicted octanol–water partition coefficient (Wildman–Crippen LogP) is 2.95. The zero-order chi connectivity index (χ0) is 13.8. The fourth-order valence-corrected chi connectivity index (χ4v) is 1.73. The standard InChI is InChI=1S/C14H13N3O3/c1-18-11-6-4-10(5-7-11)13-16-14(20-17-13)15-9-12-3-2-8-19-12/h2-8H,9H2,1H3,(H,15,16,17). The lowest BCUT2D eigenvalue weighted by atomic mass is 10.2. The van der Waals surface area contributed by atoms with Gasteiger partial charge in [0.15, 0.2) is 0 Å². The summed E-state index contributed by atoms with van der Waals surface area (Å²) in [5, 5.41) is 6.92. The molecule has 6 heteroatoms. The zero-order valence-corrected chi connectivity index (χ0v) is 10.9. The summed E-state index contributed by atoms with van der Waals surface area (Å²) >= 11 is 0. The molecule has 0 fully saturated rings. The molecule has 0 amide bonds. The second-order valence-corrected chi connectivity index (χ2v) is 4.08. The maximum atomic E-state index is 5.21. The molecule has 20 heavy (non-hydrogen) atoms. The first-order valence-corrected chi connectivity index (χ1v) is 6.09. The summed E-state index contributed by atoms with van der Waals surface area (Å²) < 4.78 is 15.4. The van der Waals surface area contributed by atoms with Crippen molar-refractivity contribution < 1.29 is 13.7 Å². The summed E-state index contributed by atoms with van der Waals surface area (Å²) in [6.07, 6.45) is 1.62. The lowest BCUT2D eigenvalue weighted by Crippen LogP contribution is -1.97. The minimum Gasteiger partial charge on any atom is -0.497 e. The Bertz CT molecular complexity index is 659. The van der Waals surface area contributed by atoms with E-state index in [4.69, 9.17) is 13.7 Å². The lowest BCUT2D eigenvalue weighted by Gasteiger charge is -1.99. The Balaban J connectivity index is 1.69. The Morgan fingerprint density at radius 3 is 2.75 bits per heavy atom. The Hall–Kier alpha value is -2.76. The smallest absolute Gasteiger partial charge is 0.322 e. The molecule has 6 nitrogen and oxygen atoms in total. The van der Waals surface area contributed by atoms with Crippen molar-refractivity contribution in [3.05, 3.63) is 48.4 Å². The van der Waals surface area contributed by atoms with Crippen molar-refractivity contribution >= 4 is 6.01 Å². The molecule has 0 spiro atoms. The van der Waals surface area contributed by atoms with Crippen LogP contribution in [0.4, 0.5) is 6.01 Å². The Morgan fingerprint density at radius 2 is 2.05 bits per heavy atom. The van der Waals surface area contributed by atoms with E-state index in [1.165, 1.54) is 0 Å². The zero-order valence-electron chi connectivity index (χ0n) is 10.9. The first-order chi connectivity index (χ1) is 9.85. The summed E-state index contributed by atoms with van der Waals surface area (Å²) in [7, 11) is 1.63. The highest BCUT2D eigenvalue weighted by Gasteiger charge is 2.08. The van der Waals surface area contributed by atoms with E-state index in [0.29, 0.717) is 18.4 Å². The average molecular weight is 271 g/mol.